The Morgan fingerprint density at radius 1 is 0.351 bits per heavy atom. The van der Waals surface area contributed by atoms with Crippen LogP contribution in [0.2, 0.25) is 0 Å². The van der Waals surface area contributed by atoms with Crippen molar-refractivity contribution in [2.75, 3.05) is 13.2 Å². The van der Waals surface area contributed by atoms with Gasteiger partial charge >= 0.3 is 5.97 Å². The first-order chi connectivity index (χ1) is 38.0. The van der Waals surface area contributed by atoms with Gasteiger partial charge in [-0.05, 0) is 57.8 Å². The fraction of sp³-hybridized carbons (Fsp3) is 0.915. The van der Waals surface area contributed by atoms with Crippen LogP contribution in [0, 0.1) is 0 Å². The van der Waals surface area contributed by atoms with E-state index in [1.54, 1.807) is 6.08 Å². The minimum Gasteiger partial charge on any atom is -0.466 e. The molecule has 0 fully saturated rings. The Hall–Kier alpha value is -1.66. The quantitative estimate of drug-likeness (QED) is 0.0320. The van der Waals surface area contributed by atoms with Gasteiger partial charge in [0.2, 0.25) is 5.91 Å². The van der Waals surface area contributed by atoms with Crippen molar-refractivity contribution < 1.29 is 24.5 Å². The molecule has 0 aliphatic rings. The number of carbonyl (C=O) groups is 2. The molecule has 6 nitrogen and oxygen atoms in total. The molecule has 0 aliphatic heterocycles. The minimum atomic E-state index is -0.839. The number of nitrogens with one attached hydrogen (secondary N) is 1. The number of esters is 1. The van der Waals surface area contributed by atoms with E-state index in [1.165, 1.54) is 327 Å². The number of carbonyl (C=O) groups excluding carboxylic acids is 2. The molecular formula is C71H137NO5. The Bertz CT molecular complexity index is 1200. The Labute approximate surface area is 481 Å². The Morgan fingerprint density at radius 3 is 0.922 bits per heavy atom. The van der Waals surface area contributed by atoms with E-state index in [1.807, 2.05) is 6.08 Å². The molecule has 2 unspecified atom stereocenters. The van der Waals surface area contributed by atoms with Gasteiger partial charge in [-0.3, -0.25) is 9.59 Å². The molecule has 0 saturated carbocycles. The molecule has 1 amide bonds. The van der Waals surface area contributed by atoms with Crippen LogP contribution < -0.4 is 5.32 Å². The average molecular weight is 1080 g/mol. The maximum atomic E-state index is 12.4. The highest BCUT2D eigenvalue weighted by Crippen LogP contribution is 2.19. The van der Waals surface area contributed by atoms with Crippen LogP contribution in [0.25, 0.3) is 0 Å². The van der Waals surface area contributed by atoms with E-state index < -0.39 is 12.1 Å². The van der Waals surface area contributed by atoms with E-state index in [-0.39, 0.29) is 18.5 Å². The van der Waals surface area contributed by atoms with Crippen LogP contribution in [0.3, 0.4) is 0 Å². The Kier molecular flexibility index (Phi) is 65.4. The van der Waals surface area contributed by atoms with Crippen LogP contribution in [-0.2, 0) is 14.3 Å². The van der Waals surface area contributed by atoms with Gasteiger partial charge in [-0.2, -0.15) is 0 Å². The summed E-state index contributed by atoms with van der Waals surface area (Å²) in [7, 11) is 0. The molecule has 3 N–H and O–H groups in total. The van der Waals surface area contributed by atoms with Crippen molar-refractivity contribution in [3.8, 4) is 0 Å². The van der Waals surface area contributed by atoms with Gasteiger partial charge in [0.15, 0.2) is 0 Å². The fourth-order valence-corrected chi connectivity index (χ4v) is 11.1. The van der Waals surface area contributed by atoms with Gasteiger partial charge in [-0.15, -0.1) is 0 Å². The number of unbranched alkanes of at least 4 members (excludes halogenated alkanes) is 53. The molecule has 0 heterocycles. The molecule has 77 heavy (non-hydrogen) atoms. The zero-order valence-corrected chi connectivity index (χ0v) is 52.2. The molecule has 6 heteroatoms. The monoisotopic (exact) mass is 1080 g/mol. The lowest BCUT2D eigenvalue weighted by molar-refractivity contribution is -0.143. The second-order valence-electron chi connectivity index (χ2n) is 24.2. The number of hydrogen-bond donors (Lipinski definition) is 3. The van der Waals surface area contributed by atoms with Crippen LogP contribution in [0.5, 0.6) is 0 Å². The largest absolute Gasteiger partial charge is 0.466 e. The molecule has 0 radical (unpaired) electrons. The number of ether oxygens (including phenoxy) is 1. The maximum Gasteiger partial charge on any atom is 0.305 e. The van der Waals surface area contributed by atoms with E-state index in [9.17, 15) is 19.8 Å². The number of aliphatic hydroxyl groups is 2. The van der Waals surface area contributed by atoms with Crippen LogP contribution >= 0.6 is 0 Å². The summed E-state index contributed by atoms with van der Waals surface area (Å²) in [4.78, 5) is 24.5. The summed E-state index contributed by atoms with van der Waals surface area (Å²) in [5, 5.41) is 23.0. The first-order valence-electron chi connectivity index (χ1n) is 35.1. The Morgan fingerprint density at radius 2 is 0.610 bits per heavy atom. The number of rotatable bonds is 66. The zero-order chi connectivity index (χ0) is 55.7. The minimum absolute atomic E-state index is 0.0234. The smallest absolute Gasteiger partial charge is 0.305 e. The summed E-state index contributed by atoms with van der Waals surface area (Å²) >= 11 is 0. The molecule has 2 atom stereocenters. The topological polar surface area (TPSA) is 95.9 Å². The summed E-state index contributed by atoms with van der Waals surface area (Å²) in [5.41, 5.74) is 0. The molecule has 0 aromatic carbocycles. The number of amides is 1. The number of aliphatic hydroxyl groups excluding tert-OH is 2. The van der Waals surface area contributed by atoms with Crippen LogP contribution in [0.4, 0.5) is 0 Å². The lowest BCUT2D eigenvalue weighted by atomic mass is 10.0. The summed E-state index contributed by atoms with van der Waals surface area (Å²) in [6.45, 7) is 4.92. The number of hydrogen-bond acceptors (Lipinski definition) is 5. The molecule has 0 saturated heterocycles. The third kappa shape index (κ3) is 63.4. The fourth-order valence-electron chi connectivity index (χ4n) is 11.1. The van der Waals surface area contributed by atoms with Gasteiger partial charge in [0.1, 0.15) is 0 Å². The van der Waals surface area contributed by atoms with E-state index in [0.717, 1.165) is 38.5 Å². The van der Waals surface area contributed by atoms with Gasteiger partial charge in [-0.1, -0.05) is 346 Å². The predicted octanol–water partition coefficient (Wildman–Crippen LogP) is 22.5. The van der Waals surface area contributed by atoms with Crippen molar-refractivity contribution in [2.45, 2.75) is 405 Å². The average Bonchev–Trinajstić information content (AvgIpc) is 3.43. The highest BCUT2D eigenvalue weighted by Gasteiger charge is 2.18. The Balaban J connectivity index is 3.31. The summed E-state index contributed by atoms with van der Waals surface area (Å²) in [6.07, 6.45) is 84.2. The zero-order valence-electron chi connectivity index (χ0n) is 52.2. The van der Waals surface area contributed by atoms with E-state index in [4.69, 9.17) is 4.74 Å². The van der Waals surface area contributed by atoms with Crippen LogP contribution in [0.15, 0.2) is 24.3 Å². The van der Waals surface area contributed by atoms with Gasteiger partial charge in [0, 0.05) is 12.8 Å². The summed E-state index contributed by atoms with van der Waals surface area (Å²) < 4.78 is 5.50. The van der Waals surface area contributed by atoms with Crippen LogP contribution in [0.1, 0.15) is 393 Å². The first kappa shape index (κ1) is 75.3. The first-order valence-corrected chi connectivity index (χ1v) is 35.1. The summed E-state index contributed by atoms with van der Waals surface area (Å²) in [5.74, 6) is -0.0414. The van der Waals surface area contributed by atoms with Gasteiger partial charge in [-0.25, -0.2) is 0 Å². The SMILES string of the molecule is CCCCCCCCCC/C=C/C(O)C(CO)NC(=O)CCCCCCCCCCCCCCCCCCC/C=C\CCCCCCCCCCCCCCCCOC(=O)CCCCCCCCCCCCCCCCC. The molecule has 0 spiro atoms. The molecular weight excluding hydrogens is 947 g/mol. The predicted molar refractivity (Wildman–Crippen MR) is 338 cm³/mol. The normalized spacial score (nSPS) is 12.6. The summed E-state index contributed by atoms with van der Waals surface area (Å²) in [6, 6.07) is -0.623. The molecule has 0 aliphatic carbocycles. The van der Waals surface area contributed by atoms with Crippen molar-refractivity contribution in [1.29, 1.82) is 0 Å². The van der Waals surface area contributed by atoms with Crippen molar-refractivity contribution in [2.24, 2.45) is 0 Å². The third-order valence-corrected chi connectivity index (χ3v) is 16.5. The molecule has 0 aromatic rings. The van der Waals surface area contributed by atoms with Gasteiger partial charge in [0.05, 0.1) is 25.4 Å². The van der Waals surface area contributed by atoms with E-state index in [2.05, 4.69) is 31.3 Å². The number of allylic oxidation sites excluding steroid dienone is 3. The van der Waals surface area contributed by atoms with E-state index in [0.29, 0.717) is 19.4 Å². The van der Waals surface area contributed by atoms with Gasteiger partial charge < -0.3 is 20.3 Å². The maximum absolute atomic E-state index is 12.4. The highest BCUT2D eigenvalue weighted by atomic mass is 16.5. The van der Waals surface area contributed by atoms with Crippen molar-refractivity contribution in [3.05, 3.63) is 24.3 Å². The van der Waals surface area contributed by atoms with E-state index >= 15 is 0 Å². The van der Waals surface area contributed by atoms with Crippen molar-refractivity contribution >= 4 is 11.9 Å². The van der Waals surface area contributed by atoms with Crippen LogP contribution in [-0.4, -0.2) is 47.4 Å². The second-order valence-corrected chi connectivity index (χ2v) is 24.2. The van der Waals surface area contributed by atoms with Crippen molar-refractivity contribution in [3.63, 3.8) is 0 Å². The standard InChI is InChI=1S/C71H137NO5/c1-3-5-7-9-11-13-15-16-38-42-45-49-53-57-61-65-71(76)77-66-62-58-54-50-46-43-40-37-35-33-31-29-27-25-23-21-19-17-18-20-22-24-26-28-30-32-34-36-39-41-44-48-52-56-60-64-70(75)72-68(67-73)69(74)63-59-55-51-47-14-12-10-8-6-4-2/h19,21,59,63,68-69,73-74H,3-18,20,22-58,60-62,64-67H2,1-2H3,(H,72,75)/b21-19-,63-59+. The molecule has 0 bridgehead atoms. The van der Waals surface area contributed by atoms with Crippen molar-refractivity contribution in [1.82, 2.24) is 5.32 Å². The second kappa shape index (κ2) is 66.8. The highest BCUT2D eigenvalue weighted by molar-refractivity contribution is 5.76. The lowest BCUT2D eigenvalue weighted by Gasteiger charge is -2.20. The molecule has 0 aromatic heterocycles. The third-order valence-electron chi connectivity index (χ3n) is 16.5. The van der Waals surface area contributed by atoms with Gasteiger partial charge in [0.25, 0.3) is 0 Å². The molecule has 456 valence electrons. The lowest BCUT2D eigenvalue weighted by Crippen LogP contribution is -2.45. The molecule has 0 rings (SSSR count).